The van der Waals surface area contributed by atoms with E-state index in [0.717, 1.165) is 36.8 Å². The molecule has 3 aromatic carbocycles. The van der Waals surface area contributed by atoms with Crippen LogP contribution in [0.4, 0.5) is 20.2 Å². The zero-order chi connectivity index (χ0) is 30.9. The van der Waals surface area contributed by atoms with Gasteiger partial charge in [0.1, 0.15) is 5.75 Å². The van der Waals surface area contributed by atoms with Crippen LogP contribution in [0.25, 0.3) is 6.08 Å². The van der Waals surface area contributed by atoms with Crippen molar-refractivity contribution >= 4 is 23.4 Å². The van der Waals surface area contributed by atoms with Crippen molar-refractivity contribution in [2.24, 2.45) is 17.3 Å². The maximum absolute atomic E-state index is 14.9. The van der Waals surface area contributed by atoms with E-state index in [-0.39, 0.29) is 17.8 Å². The Morgan fingerprint density at radius 1 is 0.907 bits per heavy atom. The molecule has 0 radical (unpaired) electrons. The SMILES string of the molecule is CCCC1CCCC(C(F)(F)Oc2ccc(/C=C/C(=O)OCC(C)(Cc3ccc(N)cc3)Cc3ccc(N)cc3)cc2)C1. The van der Waals surface area contributed by atoms with Crippen molar-refractivity contribution in [2.45, 2.75) is 71.3 Å². The predicted octanol–water partition coefficient (Wildman–Crippen LogP) is 8.48. The highest BCUT2D eigenvalue weighted by atomic mass is 19.3. The van der Waals surface area contributed by atoms with Gasteiger partial charge in [-0.3, -0.25) is 0 Å². The third-order valence-corrected chi connectivity index (χ3v) is 8.29. The van der Waals surface area contributed by atoms with Crippen molar-refractivity contribution in [1.82, 2.24) is 0 Å². The Hall–Kier alpha value is -3.87. The first-order valence-corrected chi connectivity index (χ1v) is 15.2. The molecule has 43 heavy (non-hydrogen) atoms. The van der Waals surface area contributed by atoms with Crippen LogP contribution in [0.3, 0.4) is 0 Å². The summed E-state index contributed by atoms with van der Waals surface area (Å²) < 4.78 is 40.8. The highest BCUT2D eigenvalue weighted by molar-refractivity contribution is 5.87. The number of alkyl halides is 2. The second-order valence-electron chi connectivity index (χ2n) is 12.3. The largest absolute Gasteiger partial charge is 0.462 e. The number of esters is 1. The number of hydrogen-bond donors (Lipinski definition) is 2. The molecule has 1 aliphatic rings. The maximum atomic E-state index is 14.9. The molecule has 4 rings (SSSR count). The van der Waals surface area contributed by atoms with E-state index in [9.17, 15) is 13.6 Å². The summed E-state index contributed by atoms with van der Waals surface area (Å²) in [4.78, 5) is 12.7. The molecule has 0 heterocycles. The van der Waals surface area contributed by atoms with Gasteiger partial charge in [0, 0.05) is 22.9 Å². The quantitative estimate of drug-likeness (QED) is 0.118. The number of ether oxygens (including phenoxy) is 2. The lowest BCUT2D eigenvalue weighted by Crippen LogP contribution is -2.37. The third-order valence-electron chi connectivity index (χ3n) is 8.29. The maximum Gasteiger partial charge on any atom is 0.400 e. The summed E-state index contributed by atoms with van der Waals surface area (Å²) in [5.41, 5.74) is 15.6. The van der Waals surface area contributed by atoms with Gasteiger partial charge in [-0.2, -0.15) is 8.78 Å². The van der Waals surface area contributed by atoms with Gasteiger partial charge in [-0.15, -0.1) is 0 Å². The average Bonchev–Trinajstić information content (AvgIpc) is 2.98. The minimum Gasteiger partial charge on any atom is -0.462 e. The lowest BCUT2D eigenvalue weighted by atomic mass is 9.79. The van der Waals surface area contributed by atoms with Crippen LogP contribution in [0.15, 0.2) is 78.9 Å². The number of nitrogens with two attached hydrogens (primary N) is 2. The number of nitrogen functional groups attached to an aromatic ring is 2. The molecule has 1 fully saturated rings. The Balaban J connectivity index is 1.34. The van der Waals surface area contributed by atoms with Gasteiger partial charge in [-0.1, -0.05) is 75.9 Å². The van der Waals surface area contributed by atoms with Crippen molar-refractivity contribution in [1.29, 1.82) is 0 Å². The number of rotatable bonds is 13. The van der Waals surface area contributed by atoms with Crippen LogP contribution in [0.1, 0.15) is 69.1 Å². The van der Waals surface area contributed by atoms with Crippen LogP contribution in [-0.2, 0) is 22.4 Å². The monoisotopic (exact) mass is 590 g/mol. The predicted molar refractivity (Wildman–Crippen MR) is 170 cm³/mol. The molecule has 1 aliphatic carbocycles. The summed E-state index contributed by atoms with van der Waals surface area (Å²) >= 11 is 0. The number of benzene rings is 3. The summed E-state index contributed by atoms with van der Waals surface area (Å²) in [6.45, 7) is 4.38. The number of hydrogen-bond acceptors (Lipinski definition) is 5. The first kappa shape index (κ1) is 32.1. The van der Waals surface area contributed by atoms with Gasteiger partial charge >= 0.3 is 12.1 Å². The molecule has 0 amide bonds. The van der Waals surface area contributed by atoms with Crippen molar-refractivity contribution < 1.29 is 23.0 Å². The second-order valence-corrected chi connectivity index (χ2v) is 12.3. The smallest absolute Gasteiger partial charge is 0.400 e. The first-order valence-electron chi connectivity index (χ1n) is 15.2. The highest BCUT2D eigenvalue weighted by Crippen LogP contribution is 2.41. The molecule has 7 heteroatoms. The van der Waals surface area contributed by atoms with Crippen molar-refractivity contribution in [2.75, 3.05) is 18.1 Å². The van der Waals surface area contributed by atoms with Crippen LogP contribution in [-0.4, -0.2) is 18.7 Å². The van der Waals surface area contributed by atoms with Crippen LogP contribution in [0.5, 0.6) is 5.75 Å². The van der Waals surface area contributed by atoms with Gasteiger partial charge in [0.25, 0.3) is 0 Å². The summed E-state index contributed by atoms with van der Waals surface area (Å²) in [5, 5.41) is 0. The molecule has 0 saturated heterocycles. The zero-order valence-corrected chi connectivity index (χ0v) is 25.2. The fourth-order valence-electron chi connectivity index (χ4n) is 6.03. The molecule has 1 saturated carbocycles. The number of carbonyl (C=O) groups is 1. The van der Waals surface area contributed by atoms with E-state index < -0.39 is 18.0 Å². The minimum absolute atomic E-state index is 0.114. The Bertz CT molecular complexity index is 1290. The van der Waals surface area contributed by atoms with E-state index in [1.807, 2.05) is 48.5 Å². The van der Waals surface area contributed by atoms with Gasteiger partial charge in [-0.05, 0) is 90.8 Å². The van der Waals surface area contributed by atoms with Gasteiger partial charge in [0.15, 0.2) is 0 Å². The Kier molecular flexibility index (Phi) is 10.8. The molecular weight excluding hydrogens is 546 g/mol. The van der Waals surface area contributed by atoms with Crippen LogP contribution >= 0.6 is 0 Å². The fraction of sp³-hybridized carbons (Fsp3) is 0.417. The molecule has 4 N–H and O–H groups in total. The lowest BCUT2D eigenvalue weighted by molar-refractivity contribution is -0.225. The van der Waals surface area contributed by atoms with Crippen molar-refractivity contribution in [3.8, 4) is 5.75 Å². The number of halogens is 2. The Morgan fingerprint density at radius 3 is 2.05 bits per heavy atom. The standard InChI is InChI=1S/C36H44F2N2O3/c1-3-5-27-6-4-7-30(22-27)36(37,38)43-33-19-12-26(13-20-33)14-21-34(41)42-25-35(2,23-28-8-15-31(39)16-9-28)24-29-10-17-32(40)18-11-29/h8-21,27,30H,3-7,22-25,39-40H2,1-2H3/b21-14+. The second kappa shape index (κ2) is 14.5. The van der Waals surface area contributed by atoms with E-state index in [1.54, 1.807) is 18.2 Å². The van der Waals surface area contributed by atoms with Crippen molar-refractivity contribution in [3.05, 3.63) is 95.6 Å². The van der Waals surface area contributed by atoms with Gasteiger partial charge < -0.3 is 20.9 Å². The molecule has 5 nitrogen and oxygen atoms in total. The summed E-state index contributed by atoms with van der Waals surface area (Å²) in [6.07, 6.45) is 5.94. The molecule has 230 valence electrons. The van der Waals surface area contributed by atoms with Gasteiger partial charge in [0.05, 0.1) is 12.5 Å². The van der Waals surface area contributed by atoms with Crippen LogP contribution in [0.2, 0.25) is 0 Å². The molecular formula is C36H44F2N2O3. The summed E-state index contributed by atoms with van der Waals surface area (Å²) in [7, 11) is 0. The number of carbonyl (C=O) groups excluding carboxylic acids is 1. The molecule has 0 bridgehead atoms. The van der Waals surface area contributed by atoms with E-state index >= 15 is 0 Å². The molecule has 2 unspecified atom stereocenters. The normalized spacial score (nSPS) is 17.6. The van der Waals surface area contributed by atoms with E-state index in [1.165, 1.54) is 18.2 Å². The van der Waals surface area contributed by atoms with E-state index in [0.29, 0.717) is 48.5 Å². The lowest BCUT2D eigenvalue weighted by Gasteiger charge is -2.33. The van der Waals surface area contributed by atoms with E-state index in [4.69, 9.17) is 20.9 Å². The Morgan fingerprint density at radius 2 is 1.49 bits per heavy atom. The average molecular weight is 591 g/mol. The van der Waals surface area contributed by atoms with Crippen LogP contribution < -0.4 is 16.2 Å². The van der Waals surface area contributed by atoms with Gasteiger partial charge in [0.2, 0.25) is 0 Å². The number of anilines is 2. The molecule has 0 aromatic heterocycles. The first-order chi connectivity index (χ1) is 20.5. The van der Waals surface area contributed by atoms with Gasteiger partial charge in [-0.25, -0.2) is 4.79 Å². The minimum atomic E-state index is -3.21. The molecule has 0 aliphatic heterocycles. The molecule has 3 aromatic rings. The molecule has 0 spiro atoms. The highest BCUT2D eigenvalue weighted by Gasteiger charge is 2.44. The third kappa shape index (κ3) is 9.84. The van der Waals surface area contributed by atoms with Crippen LogP contribution in [0, 0.1) is 17.3 Å². The van der Waals surface area contributed by atoms with E-state index in [2.05, 4.69) is 13.8 Å². The summed E-state index contributed by atoms with van der Waals surface area (Å²) in [6, 6.07) is 21.7. The van der Waals surface area contributed by atoms with Crippen molar-refractivity contribution in [3.63, 3.8) is 0 Å². The summed E-state index contributed by atoms with van der Waals surface area (Å²) in [5.74, 6) is -0.785. The Labute approximate surface area is 254 Å². The zero-order valence-electron chi connectivity index (χ0n) is 25.2. The topological polar surface area (TPSA) is 87.6 Å². The fourth-order valence-corrected chi connectivity index (χ4v) is 6.03. The molecule has 2 atom stereocenters.